The van der Waals surface area contributed by atoms with Gasteiger partial charge >= 0.3 is 15.6 Å². The molecule has 0 saturated carbocycles. The average molecular weight is 427 g/mol. The van der Waals surface area contributed by atoms with Crippen molar-refractivity contribution in [2.24, 2.45) is 0 Å². The van der Waals surface area contributed by atoms with Crippen LogP contribution in [-0.4, -0.2) is 69.1 Å². The van der Waals surface area contributed by atoms with E-state index in [4.69, 9.17) is 30.0 Å². The highest BCUT2D eigenvalue weighted by Gasteiger charge is 2.49. The van der Waals surface area contributed by atoms with Crippen LogP contribution >= 0.6 is 15.6 Å². The van der Waals surface area contributed by atoms with Gasteiger partial charge in [-0.1, -0.05) is 0 Å². The van der Waals surface area contributed by atoms with Crippen LogP contribution in [0.1, 0.15) is 6.23 Å². The molecule has 1 aliphatic rings. The topological polar surface area (TPSA) is 233 Å². The molecule has 3 rings (SSSR count). The number of phosphoric acid groups is 2. The summed E-state index contributed by atoms with van der Waals surface area (Å²) in [5.74, 6) is 0.0335. The first-order chi connectivity index (χ1) is 12.5. The fraction of sp³-hybridized carbons (Fsp3) is 0.500. The summed E-state index contributed by atoms with van der Waals surface area (Å²) >= 11 is 0. The van der Waals surface area contributed by atoms with Crippen molar-refractivity contribution >= 4 is 32.6 Å². The minimum Gasteiger partial charge on any atom is -0.387 e. The van der Waals surface area contributed by atoms with Crippen molar-refractivity contribution in [1.29, 1.82) is 0 Å². The molecule has 0 spiro atoms. The fourth-order valence-electron chi connectivity index (χ4n) is 2.58. The van der Waals surface area contributed by atoms with Crippen molar-refractivity contribution in [2.75, 3.05) is 12.3 Å². The smallest absolute Gasteiger partial charge is 0.387 e. The van der Waals surface area contributed by atoms with Gasteiger partial charge in [0.1, 0.15) is 30.2 Å². The lowest BCUT2D eigenvalue weighted by Gasteiger charge is -2.22. The molecule has 150 valence electrons. The maximum atomic E-state index is 11.3. The van der Waals surface area contributed by atoms with E-state index in [1.54, 1.807) is 0 Å². The number of aromatic nitrogens is 4. The predicted octanol–water partition coefficient (Wildman–Crippen LogP) is -1.75. The van der Waals surface area contributed by atoms with Crippen LogP contribution in [0.15, 0.2) is 12.7 Å². The molecule has 3 heterocycles. The molecule has 7 N–H and O–H groups in total. The minimum atomic E-state index is -5.06. The Morgan fingerprint density at radius 2 is 1.89 bits per heavy atom. The van der Waals surface area contributed by atoms with Crippen LogP contribution < -0.4 is 5.73 Å². The van der Waals surface area contributed by atoms with E-state index in [1.807, 2.05) is 0 Å². The van der Waals surface area contributed by atoms with Gasteiger partial charge in [-0.05, 0) is 0 Å². The first-order valence-electron chi connectivity index (χ1n) is 7.17. The van der Waals surface area contributed by atoms with E-state index in [0.29, 0.717) is 0 Å². The standard InChI is InChI=1S/C10H15N5O10P2/c11-8-5-9(13-2-12-8)15(3-14-5)10-7(25-27(20,21)22)6(16)4(24-10)1-23-26(17,18)19/h2-4,6-7,10,16H,1H2,(H2,11,12,13)(H2,17,18,19)(H2,20,21,22)/t4-,6+,7-,10-/m0/s1. The number of anilines is 1. The fourth-order valence-corrected chi connectivity index (χ4v) is 3.47. The number of fused-ring (bicyclic) bond motifs is 1. The van der Waals surface area contributed by atoms with E-state index in [2.05, 4.69) is 24.0 Å². The molecule has 0 radical (unpaired) electrons. The van der Waals surface area contributed by atoms with E-state index in [-0.39, 0.29) is 17.0 Å². The number of aliphatic hydroxyl groups is 1. The van der Waals surface area contributed by atoms with Crippen molar-refractivity contribution in [3.8, 4) is 0 Å². The Hall–Kier alpha value is -1.51. The normalized spacial score (nSPS) is 26.7. The molecule has 4 atom stereocenters. The molecule has 0 aliphatic carbocycles. The summed E-state index contributed by atoms with van der Waals surface area (Å²) in [6.07, 6.45) is -3.78. The van der Waals surface area contributed by atoms with Crippen molar-refractivity contribution in [3.05, 3.63) is 12.7 Å². The van der Waals surface area contributed by atoms with Gasteiger partial charge in [0.25, 0.3) is 0 Å². The number of phosphoric ester groups is 2. The van der Waals surface area contributed by atoms with E-state index < -0.39 is 46.8 Å². The SMILES string of the molecule is Nc1ncnc2c1ncn2[C@H]1O[C@@H](COP(=O)(O)O)[C@@H](O)[C@@H]1OP(=O)(O)O. The molecule has 27 heavy (non-hydrogen) atoms. The Morgan fingerprint density at radius 3 is 2.52 bits per heavy atom. The van der Waals surface area contributed by atoms with Gasteiger partial charge < -0.3 is 35.2 Å². The number of rotatable bonds is 6. The number of ether oxygens (including phenoxy) is 1. The predicted molar refractivity (Wildman–Crippen MR) is 84.6 cm³/mol. The summed E-state index contributed by atoms with van der Waals surface area (Å²) in [6.45, 7) is -0.771. The number of nitrogens with zero attached hydrogens (tertiary/aromatic N) is 4. The van der Waals surface area contributed by atoms with Crippen molar-refractivity contribution in [2.45, 2.75) is 24.5 Å². The van der Waals surface area contributed by atoms with Gasteiger partial charge in [-0.15, -0.1) is 0 Å². The Kier molecular flexibility index (Phi) is 5.35. The Balaban J connectivity index is 1.95. The van der Waals surface area contributed by atoms with Crippen LogP contribution in [0.4, 0.5) is 5.82 Å². The van der Waals surface area contributed by atoms with Crippen LogP contribution in [0.5, 0.6) is 0 Å². The van der Waals surface area contributed by atoms with E-state index in [0.717, 1.165) is 6.33 Å². The lowest BCUT2D eigenvalue weighted by molar-refractivity contribution is -0.0498. The molecule has 2 aromatic rings. The zero-order valence-corrected chi connectivity index (χ0v) is 15.0. The molecule has 0 unspecified atom stereocenters. The number of nitrogens with two attached hydrogens (primary N) is 1. The van der Waals surface area contributed by atoms with E-state index in [1.165, 1.54) is 10.9 Å². The van der Waals surface area contributed by atoms with Crippen LogP contribution in [0.3, 0.4) is 0 Å². The van der Waals surface area contributed by atoms with Crippen molar-refractivity contribution in [3.63, 3.8) is 0 Å². The Labute approximate surface area is 150 Å². The van der Waals surface area contributed by atoms with Gasteiger partial charge in [0.2, 0.25) is 0 Å². The zero-order valence-electron chi connectivity index (χ0n) is 13.2. The highest BCUT2D eigenvalue weighted by molar-refractivity contribution is 7.46. The van der Waals surface area contributed by atoms with E-state index >= 15 is 0 Å². The molecule has 0 bridgehead atoms. The third kappa shape index (κ3) is 4.50. The number of imidazole rings is 1. The second-order valence-corrected chi connectivity index (χ2v) is 7.92. The summed E-state index contributed by atoms with van der Waals surface area (Å²) in [7, 11) is -9.94. The Morgan fingerprint density at radius 1 is 1.19 bits per heavy atom. The summed E-state index contributed by atoms with van der Waals surface area (Å²) in [5, 5.41) is 10.3. The first kappa shape index (κ1) is 20.2. The highest BCUT2D eigenvalue weighted by Crippen LogP contribution is 2.46. The molecule has 15 nitrogen and oxygen atoms in total. The van der Waals surface area contributed by atoms with Gasteiger partial charge in [0, 0.05) is 0 Å². The molecular weight excluding hydrogens is 412 g/mol. The van der Waals surface area contributed by atoms with Gasteiger partial charge in [-0.2, -0.15) is 0 Å². The second-order valence-electron chi connectivity index (χ2n) is 5.49. The van der Waals surface area contributed by atoms with Crippen LogP contribution in [0.2, 0.25) is 0 Å². The molecule has 17 heteroatoms. The van der Waals surface area contributed by atoms with Crippen LogP contribution in [0.25, 0.3) is 11.2 Å². The summed E-state index contributed by atoms with van der Waals surface area (Å²) in [6, 6.07) is 0. The molecule has 1 saturated heterocycles. The van der Waals surface area contributed by atoms with Crippen molar-refractivity contribution < 1.29 is 47.6 Å². The molecular formula is C10H15N5O10P2. The van der Waals surface area contributed by atoms with E-state index in [9.17, 15) is 14.2 Å². The number of aliphatic hydroxyl groups excluding tert-OH is 1. The lowest BCUT2D eigenvalue weighted by Crippen LogP contribution is -2.35. The average Bonchev–Trinajstić information content (AvgIpc) is 3.07. The highest BCUT2D eigenvalue weighted by atomic mass is 31.2. The van der Waals surface area contributed by atoms with Gasteiger partial charge in [-0.3, -0.25) is 13.6 Å². The maximum Gasteiger partial charge on any atom is 0.470 e. The third-order valence-electron chi connectivity index (χ3n) is 3.64. The number of hydrogen-bond donors (Lipinski definition) is 6. The third-order valence-corrected chi connectivity index (χ3v) is 4.64. The van der Waals surface area contributed by atoms with Crippen molar-refractivity contribution in [1.82, 2.24) is 19.5 Å². The summed E-state index contributed by atoms with van der Waals surface area (Å²) < 4.78 is 37.7. The first-order valence-corrected chi connectivity index (χ1v) is 10.2. The summed E-state index contributed by atoms with van der Waals surface area (Å²) in [5.41, 5.74) is 5.96. The molecule has 2 aromatic heterocycles. The molecule has 0 amide bonds. The lowest BCUT2D eigenvalue weighted by atomic mass is 10.1. The quantitative estimate of drug-likeness (QED) is 0.281. The number of hydrogen-bond acceptors (Lipinski definition) is 10. The monoisotopic (exact) mass is 427 g/mol. The van der Waals surface area contributed by atoms with Gasteiger partial charge in [0.05, 0.1) is 12.9 Å². The summed E-state index contributed by atoms with van der Waals surface area (Å²) in [4.78, 5) is 47.5. The molecule has 0 aromatic carbocycles. The largest absolute Gasteiger partial charge is 0.470 e. The molecule has 1 aliphatic heterocycles. The van der Waals surface area contributed by atoms with Crippen LogP contribution in [-0.2, 0) is 22.9 Å². The van der Waals surface area contributed by atoms with Crippen LogP contribution in [0, 0.1) is 0 Å². The minimum absolute atomic E-state index is 0.0335. The van der Waals surface area contributed by atoms with Gasteiger partial charge in [-0.25, -0.2) is 24.1 Å². The Bertz CT molecular complexity index is 926. The zero-order chi connectivity index (χ0) is 20.0. The maximum absolute atomic E-state index is 11.3. The number of nitrogen functional groups attached to an aromatic ring is 1. The second kappa shape index (κ2) is 7.14. The van der Waals surface area contributed by atoms with Gasteiger partial charge in [0.15, 0.2) is 17.7 Å². The molecule has 1 fully saturated rings.